The molecule has 0 saturated heterocycles. The van der Waals surface area contributed by atoms with Gasteiger partial charge in [0.2, 0.25) is 0 Å². The number of rotatable bonds is 2. The van der Waals surface area contributed by atoms with E-state index in [1.807, 2.05) is 0 Å². The van der Waals surface area contributed by atoms with Crippen LogP contribution < -0.4 is 0 Å². The van der Waals surface area contributed by atoms with Crippen LogP contribution in [0.3, 0.4) is 0 Å². The van der Waals surface area contributed by atoms with Crippen LogP contribution in [-0.2, 0) is 4.43 Å². The minimum atomic E-state index is -1.43. The summed E-state index contributed by atoms with van der Waals surface area (Å²) in [5.41, 5.74) is 1.17. The fraction of sp³-hybridized carbons (Fsp3) is 1.00. The van der Waals surface area contributed by atoms with Crippen molar-refractivity contribution < 1.29 is 4.43 Å². The summed E-state index contributed by atoms with van der Waals surface area (Å²) in [6.45, 7) is 12.4. The van der Waals surface area contributed by atoms with Gasteiger partial charge in [0.25, 0.3) is 0 Å². The first-order valence-electron chi connectivity index (χ1n) is 10.9. The van der Waals surface area contributed by atoms with Crippen molar-refractivity contribution in [1.82, 2.24) is 0 Å². The van der Waals surface area contributed by atoms with Gasteiger partial charge in [0.15, 0.2) is 8.32 Å². The molecule has 0 heterocycles. The molecule has 24 heavy (non-hydrogen) atoms. The predicted octanol–water partition coefficient (Wildman–Crippen LogP) is 6.64. The molecule has 2 heteroatoms. The molecule has 0 bridgehead atoms. The van der Waals surface area contributed by atoms with Gasteiger partial charge in [0.05, 0.1) is 6.10 Å². The Hall–Kier alpha value is 0.177. The summed E-state index contributed by atoms with van der Waals surface area (Å²) in [7, 11) is -1.43. The first-order chi connectivity index (χ1) is 11.2. The first-order valence-corrected chi connectivity index (χ1v) is 14.3. The maximum absolute atomic E-state index is 6.72. The van der Waals surface area contributed by atoms with Crippen molar-refractivity contribution in [2.75, 3.05) is 0 Å². The number of hydrogen-bond acceptors (Lipinski definition) is 1. The zero-order valence-electron chi connectivity index (χ0n) is 16.9. The van der Waals surface area contributed by atoms with E-state index >= 15 is 0 Å². The second-order valence-corrected chi connectivity index (χ2v) is 15.7. The molecular weight excluding hydrogens is 308 g/mol. The third-order valence-corrected chi connectivity index (χ3v) is 9.98. The summed E-state index contributed by atoms with van der Waals surface area (Å²) in [5.74, 6) is 4.04. The fourth-order valence-electron chi connectivity index (χ4n) is 7.87. The largest absolute Gasteiger partial charge is 0.414 e. The quantitative estimate of drug-likeness (QED) is 0.508. The Bertz CT molecular complexity index is 483. The van der Waals surface area contributed by atoms with Gasteiger partial charge < -0.3 is 4.43 Å². The second kappa shape index (κ2) is 5.84. The van der Waals surface area contributed by atoms with Crippen LogP contribution in [0.25, 0.3) is 0 Å². The van der Waals surface area contributed by atoms with Crippen molar-refractivity contribution in [3.8, 4) is 0 Å². The summed E-state index contributed by atoms with van der Waals surface area (Å²) in [4.78, 5) is 0. The molecule has 4 aliphatic rings. The van der Waals surface area contributed by atoms with Gasteiger partial charge >= 0.3 is 0 Å². The van der Waals surface area contributed by atoms with Crippen molar-refractivity contribution in [1.29, 1.82) is 0 Å². The van der Waals surface area contributed by atoms with Crippen LogP contribution in [0.2, 0.25) is 19.6 Å². The predicted molar refractivity (Wildman–Crippen MR) is 105 cm³/mol. The van der Waals surface area contributed by atoms with Crippen LogP contribution in [0.1, 0.15) is 78.1 Å². The Labute approximate surface area is 151 Å². The molecule has 4 rings (SSSR count). The van der Waals surface area contributed by atoms with E-state index in [1.54, 1.807) is 0 Å². The highest BCUT2D eigenvalue weighted by Gasteiger charge is 2.60. The second-order valence-electron chi connectivity index (χ2n) is 11.2. The molecule has 0 N–H and O–H groups in total. The molecule has 0 aromatic heterocycles. The van der Waals surface area contributed by atoms with E-state index in [-0.39, 0.29) is 0 Å². The molecule has 1 unspecified atom stereocenters. The topological polar surface area (TPSA) is 9.23 Å². The van der Waals surface area contributed by atoms with E-state index in [0.29, 0.717) is 16.9 Å². The number of fused-ring (bicyclic) bond motifs is 5. The van der Waals surface area contributed by atoms with Crippen LogP contribution in [0, 0.1) is 34.5 Å². The van der Waals surface area contributed by atoms with E-state index in [1.165, 1.54) is 64.2 Å². The molecule has 4 saturated carbocycles. The van der Waals surface area contributed by atoms with Crippen molar-refractivity contribution in [3.63, 3.8) is 0 Å². The Morgan fingerprint density at radius 3 is 2.25 bits per heavy atom. The highest BCUT2D eigenvalue weighted by Crippen LogP contribution is 2.66. The minimum absolute atomic E-state index is 0.485. The smallest absolute Gasteiger partial charge is 0.184 e. The van der Waals surface area contributed by atoms with Crippen LogP contribution in [0.4, 0.5) is 0 Å². The lowest BCUT2D eigenvalue weighted by Gasteiger charge is -2.60. The highest BCUT2D eigenvalue weighted by molar-refractivity contribution is 6.69. The highest BCUT2D eigenvalue weighted by atomic mass is 28.4. The lowest BCUT2D eigenvalue weighted by molar-refractivity contribution is -0.118. The van der Waals surface area contributed by atoms with E-state index in [0.717, 1.165) is 23.7 Å². The van der Waals surface area contributed by atoms with Gasteiger partial charge in [-0.25, -0.2) is 0 Å². The molecule has 0 spiro atoms. The average molecular weight is 349 g/mol. The molecule has 4 fully saturated rings. The lowest BCUT2D eigenvalue weighted by Crippen LogP contribution is -2.54. The third kappa shape index (κ3) is 2.66. The van der Waals surface area contributed by atoms with Gasteiger partial charge in [-0.05, 0) is 106 Å². The first kappa shape index (κ1) is 17.6. The molecule has 4 aliphatic carbocycles. The zero-order valence-corrected chi connectivity index (χ0v) is 17.9. The van der Waals surface area contributed by atoms with Crippen molar-refractivity contribution in [2.45, 2.75) is 104 Å². The molecule has 138 valence electrons. The lowest BCUT2D eigenvalue weighted by atomic mass is 9.45. The zero-order chi connectivity index (χ0) is 17.2. The standard InChI is InChI=1S/C22H40OSi/c1-21-14-7-6-8-16(21)9-10-17-18-11-12-20(23-24(3,4)5)22(18,2)15-13-19(17)21/h16-20H,6-15H2,1-5H3/t16-,17+,18+,19+,20?,21+,22+/m1/s1. The van der Waals surface area contributed by atoms with Gasteiger partial charge in [0.1, 0.15) is 0 Å². The van der Waals surface area contributed by atoms with Gasteiger partial charge in [0, 0.05) is 0 Å². The van der Waals surface area contributed by atoms with Crippen molar-refractivity contribution >= 4 is 8.32 Å². The van der Waals surface area contributed by atoms with E-state index in [2.05, 4.69) is 33.5 Å². The minimum Gasteiger partial charge on any atom is -0.414 e. The molecule has 7 atom stereocenters. The number of hydrogen-bond donors (Lipinski definition) is 0. The third-order valence-electron chi connectivity index (χ3n) is 8.99. The SMILES string of the molecule is C[C@]12CCCC[C@@H]1CC[C@@H]1[C@@H]2CC[C@]2(C)C(O[Si](C)(C)C)CC[C@@H]12. The van der Waals surface area contributed by atoms with E-state index < -0.39 is 8.32 Å². The Kier molecular flexibility index (Phi) is 4.28. The molecule has 0 aromatic rings. The van der Waals surface area contributed by atoms with Gasteiger partial charge in [-0.1, -0.05) is 26.7 Å². The molecule has 0 radical (unpaired) electrons. The van der Waals surface area contributed by atoms with E-state index in [9.17, 15) is 0 Å². The molecule has 0 aliphatic heterocycles. The van der Waals surface area contributed by atoms with Crippen LogP contribution in [0.15, 0.2) is 0 Å². The average Bonchev–Trinajstić information content (AvgIpc) is 2.82. The normalized spacial score (nSPS) is 51.6. The van der Waals surface area contributed by atoms with Crippen molar-refractivity contribution in [3.05, 3.63) is 0 Å². The summed E-state index contributed by atoms with van der Waals surface area (Å²) in [5, 5.41) is 0. The Morgan fingerprint density at radius 2 is 1.50 bits per heavy atom. The van der Waals surface area contributed by atoms with Crippen LogP contribution in [0.5, 0.6) is 0 Å². The van der Waals surface area contributed by atoms with Gasteiger partial charge in [-0.3, -0.25) is 0 Å². The van der Waals surface area contributed by atoms with Crippen LogP contribution in [-0.4, -0.2) is 14.4 Å². The summed E-state index contributed by atoms with van der Waals surface area (Å²) < 4.78 is 6.72. The monoisotopic (exact) mass is 348 g/mol. The van der Waals surface area contributed by atoms with Crippen molar-refractivity contribution in [2.24, 2.45) is 34.5 Å². The molecule has 1 nitrogen and oxygen atoms in total. The van der Waals surface area contributed by atoms with E-state index in [4.69, 9.17) is 4.43 Å². The maximum atomic E-state index is 6.72. The Balaban J connectivity index is 1.57. The maximum Gasteiger partial charge on any atom is 0.184 e. The molecular formula is C22H40OSi. The fourth-order valence-corrected chi connectivity index (χ4v) is 9.11. The molecule has 0 aromatic carbocycles. The Morgan fingerprint density at radius 1 is 0.750 bits per heavy atom. The van der Waals surface area contributed by atoms with Crippen LogP contribution >= 0.6 is 0 Å². The van der Waals surface area contributed by atoms with Gasteiger partial charge in [-0.2, -0.15) is 0 Å². The summed E-state index contributed by atoms with van der Waals surface area (Å²) in [6, 6.07) is 0. The van der Waals surface area contributed by atoms with Gasteiger partial charge in [-0.15, -0.1) is 0 Å². The molecule has 0 amide bonds. The summed E-state index contributed by atoms with van der Waals surface area (Å²) >= 11 is 0. The summed E-state index contributed by atoms with van der Waals surface area (Å²) in [6.07, 6.45) is 15.4.